The van der Waals surface area contributed by atoms with Gasteiger partial charge in [0.25, 0.3) is 0 Å². The molecule has 9 unspecified atom stereocenters. The number of allylic oxidation sites excluding steroid dienone is 1. The van der Waals surface area contributed by atoms with E-state index in [1.54, 1.807) is 6.42 Å². The average molecular weight is 441 g/mol. The first-order chi connectivity index (χ1) is 14.7. The Balaban J connectivity index is 1.40. The van der Waals surface area contributed by atoms with Crippen LogP contribution < -0.4 is 0 Å². The first kappa shape index (κ1) is 23.4. The van der Waals surface area contributed by atoms with Crippen LogP contribution >= 0.6 is 0 Å². The van der Waals surface area contributed by atoms with E-state index in [4.69, 9.17) is 0 Å². The molecule has 0 aromatic heterocycles. The van der Waals surface area contributed by atoms with Gasteiger partial charge in [0, 0.05) is 0 Å². The minimum atomic E-state index is -0.685. The zero-order valence-corrected chi connectivity index (χ0v) is 22.6. The molecule has 2 spiro atoms. The maximum absolute atomic E-state index is 10.1. The zero-order chi connectivity index (χ0) is 23.4. The highest BCUT2D eigenvalue weighted by atomic mass is 16.3. The summed E-state index contributed by atoms with van der Waals surface area (Å²) in [5.74, 6) is 4.40. The van der Waals surface area contributed by atoms with Gasteiger partial charge in [0.15, 0.2) is 0 Å². The highest BCUT2D eigenvalue weighted by Gasteiger charge is 2.81. The number of hydrogen-bond acceptors (Lipinski definition) is 1. The van der Waals surface area contributed by atoms with Gasteiger partial charge in [-0.15, -0.1) is 0 Å². The van der Waals surface area contributed by atoms with E-state index in [-0.39, 0.29) is 0 Å². The van der Waals surface area contributed by atoms with Crippen molar-refractivity contribution in [2.75, 3.05) is 0 Å². The zero-order valence-electron chi connectivity index (χ0n) is 22.6. The van der Waals surface area contributed by atoms with Crippen LogP contribution in [0, 0.1) is 56.7 Å². The minimum Gasteiger partial charge on any atom is -0.386 e. The third kappa shape index (κ3) is 2.85. The lowest BCUT2D eigenvalue weighted by Gasteiger charge is -2.63. The van der Waals surface area contributed by atoms with Gasteiger partial charge < -0.3 is 5.11 Å². The van der Waals surface area contributed by atoms with E-state index in [9.17, 15) is 5.11 Å². The van der Waals surface area contributed by atoms with Crippen LogP contribution in [-0.2, 0) is 0 Å². The molecule has 0 radical (unpaired) electrons. The van der Waals surface area contributed by atoms with E-state index in [1.165, 1.54) is 51.4 Å². The van der Waals surface area contributed by atoms with Crippen molar-refractivity contribution in [2.45, 2.75) is 125 Å². The molecule has 1 heteroatoms. The summed E-state index contributed by atoms with van der Waals surface area (Å²) < 4.78 is 0. The molecule has 0 heterocycles. The Morgan fingerprint density at radius 1 is 0.875 bits per heavy atom. The topological polar surface area (TPSA) is 20.2 Å². The average Bonchev–Trinajstić information content (AvgIpc) is 3.27. The Bertz CT molecular complexity index is 787. The quantitative estimate of drug-likeness (QED) is 0.435. The molecule has 5 rings (SSSR count). The summed E-state index contributed by atoms with van der Waals surface area (Å²) in [7, 11) is 0. The van der Waals surface area contributed by atoms with Crippen molar-refractivity contribution in [3.8, 4) is 0 Å². The lowest BCUT2D eigenvalue weighted by Crippen LogP contribution is -2.56. The fourth-order valence-corrected chi connectivity index (χ4v) is 11.2. The fraction of sp³-hybridized carbons (Fsp3) is 0.935. The van der Waals surface area contributed by atoms with Crippen LogP contribution in [0.3, 0.4) is 0 Å². The van der Waals surface area contributed by atoms with Crippen molar-refractivity contribution in [3.63, 3.8) is 0 Å². The molecule has 5 aliphatic rings. The van der Waals surface area contributed by atoms with E-state index in [0.717, 1.165) is 30.1 Å². The van der Waals surface area contributed by atoms with Crippen LogP contribution in [0.2, 0.25) is 0 Å². The van der Waals surface area contributed by atoms with E-state index in [1.807, 2.05) is 19.9 Å². The third-order valence-corrected chi connectivity index (χ3v) is 13.4. The van der Waals surface area contributed by atoms with Crippen molar-refractivity contribution in [1.29, 1.82) is 0 Å². The maximum Gasteiger partial charge on any atom is 0.0771 e. The van der Waals surface area contributed by atoms with Gasteiger partial charge in [0.05, 0.1) is 5.60 Å². The van der Waals surface area contributed by atoms with Crippen LogP contribution in [0.5, 0.6) is 0 Å². The SMILES string of the molecule is CC(C/C=C/C(C)(C)O)C1CCC2(C)C3CCC4C(C)(C)C(C)CCC45CC35CCC12C. The molecule has 9 atom stereocenters. The molecular formula is C31H52O. The summed E-state index contributed by atoms with van der Waals surface area (Å²) in [6.07, 6.45) is 18.9. The van der Waals surface area contributed by atoms with Gasteiger partial charge in [0.1, 0.15) is 0 Å². The maximum atomic E-state index is 10.1. The molecule has 0 bridgehead atoms. The van der Waals surface area contributed by atoms with Crippen molar-refractivity contribution in [3.05, 3.63) is 12.2 Å². The highest BCUT2D eigenvalue weighted by Crippen LogP contribution is 2.89. The molecule has 0 aromatic carbocycles. The van der Waals surface area contributed by atoms with Crippen molar-refractivity contribution in [1.82, 2.24) is 0 Å². The minimum absolute atomic E-state index is 0.499. The van der Waals surface area contributed by atoms with Crippen LogP contribution in [0.25, 0.3) is 0 Å². The normalized spacial score (nSPS) is 52.7. The van der Waals surface area contributed by atoms with Gasteiger partial charge in [-0.2, -0.15) is 0 Å². The Morgan fingerprint density at radius 2 is 1.53 bits per heavy atom. The molecule has 0 amide bonds. The predicted octanol–water partition coefficient (Wildman–Crippen LogP) is 8.41. The van der Waals surface area contributed by atoms with Gasteiger partial charge in [-0.05, 0) is 135 Å². The number of hydrogen-bond donors (Lipinski definition) is 1. The van der Waals surface area contributed by atoms with E-state index < -0.39 is 5.60 Å². The lowest BCUT2D eigenvalue weighted by molar-refractivity contribution is -0.149. The summed E-state index contributed by atoms with van der Waals surface area (Å²) >= 11 is 0. The predicted molar refractivity (Wildman–Crippen MR) is 135 cm³/mol. The smallest absolute Gasteiger partial charge is 0.0771 e. The molecule has 1 nitrogen and oxygen atoms in total. The van der Waals surface area contributed by atoms with Crippen LogP contribution in [0.15, 0.2) is 12.2 Å². The van der Waals surface area contributed by atoms with E-state index in [0.29, 0.717) is 33.0 Å². The summed E-state index contributed by atoms with van der Waals surface area (Å²) in [6, 6.07) is 0. The Hall–Kier alpha value is -0.300. The third-order valence-electron chi connectivity index (χ3n) is 13.4. The standard InChI is InChI=1S/C31H52O/c1-21(10-9-15-26(3,4)32)23-14-16-29(8)25-12-11-24-27(5,6)22(2)13-17-30(24)20-31(25,30)19-18-28(23,29)7/h9,15,21-25,32H,10-14,16-20H2,1-8H3/b15-9+. The number of rotatable bonds is 4. The van der Waals surface area contributed by atoms with Gasteiger partial charge in [-0.25, -0.2) is 0 Å². The molecule has 5 fully saturated rings. The van der Waals surface area contributed by atoms with Crippen LogP contribution in [0.1, 0.15) is 120 Å². The second-order valence-electron chi connectivity index (χ2n) is 15.2. The first-order valence-corrected chi connectivity index (χ1v) is 14.1. The summed E-state index contributed by atoms with van der Waals surface area (Å²) in [4.78, 5) is 0. The molecule has 0 aromatic rings. The molecule has 5 saturated carbocycles. The molecule has 1 N–H and O–H groups in total. The Kier molecular flexibility index (Phi) is 5.05. The van der Waals surface area contributed by atoms with E-state index in [2.05, 4.69) is 47.6 Å². The van der Waals surface area contributed by atoms with E-state index >= 15 is 0 Å². The first-order valence-electron chi connectivity index (χ1n) is 14.1. The summed E-state index contributed by atoms with van der Waals surface area (Å²) in [6.45, 7) is 19.5. The van der Waals surface area contributed by atoms with Gasteiger partial charge >= 0.3 is 0 Å². The van der Waals surface area contributed by atoms with Crippen LogP contribution in [-0.4, -0.2) is 10.7 Å². The molecule has 5 aliphatic carbocycles. The van der Waals surface area contributed by atoms with Crippen LogP contribution in [0.4, 0.5) is 0 Å². The molecular weight excluding hydrogens is 388 g/mol. The molecule has 0 aliphatic heterocycles. The van der Waals surface area contributed by atoms with Crippen molar-refractivity contribution >= 4 is 0 Å². The molecule has 32 heavy (non-hydrogen) atoms. The second-order valence-corrected chi connectivity index (χ2v) is 15.2. The molecule has 0 saturated heterocycles. The van der Waals surface area contributed by atoms with Crippen molar-refractivity contribution in [2.24, 2.45) is 56.7 Å². The Morgan fingerprint density at radius 3 is 2.22 bits per heavy atom. The number of aliphatic hydroxyl groups is 1. The summed E-state index contributed by atoms with van der Waals surface area (Å²) in [5, 5.41) is 10.1. The molecule has 182 valence electrons. The summed E-state index contributed by atoms with van der Waals surface area (Å²) in [5.41, 5.74) is 2.28. The van der Waals surface area contributed by atoms with Gasteiger partial charge in [0.2, 0.25) is 0 Å². The fourth-order valence-electron chi connectivity index (χ4n) is 11.2. The Labute approximate surface area is 199 Å². The monoisotopic (exact) mass is 440 g/mol. The second kappa shape index (κ2) is 6.89. The number of fused-ring (bicyclic) bond motifs is 2. The van der Waals surface area contributed by atoms with Gasteiger partial charge in [-0.1, -0.05) is 53.7 Å². The van der Waals surface area contributed by atoms with Crippen molar-refractivity contribution < 1.29 is 5.11 Å². The lowest BCUT2D eigenvalue weighted by atomic mass is 9.41. The largest absolute Gasteiger partial charge is 0.386 e. The highest BCUT2D eigenvalue weighted by molar-refractivity contribution is 5.30. The van der Waals surface area contributed by atoms with Gasteiger partial charge in [-0.3, -0.25) is 0 Å².